The first-order valence-corrected chi connectivity index (χ1v) is 12.5. The van der Waals surface area contributed by atoms with Gasteiger partial charge in [0.1, 0.15) is 11.8 Å². The smallest absolute Gasteiger partial charge is 0.151 e. The van der Waals surface area contributed by atoms with Crippen molar-refractivity contribution < 1.29 is 0 Å². The van der Waals surface area contributed by atoms with E-state index in [0.717, 1.165) is 44.8 Å². The minimum absolute atomic E-state index is 0.517. The molecular formula is C29H28N6. The molecule has 2 aromatic carbocycles. The molecule has 0 spiro atoms. The van der Waals surface area contributed by atoms with Crippen LogP contribution in [0.2, 0.25) is 0 Å². The molecule has 0 radical (unpaired) electrons. The second kappa shape index (κ2) is 8.17. The summed E-state index contributed by atoms with van der Waals surface area (Å²) >= 11 is 0. The summed E-state index contributed by atoms with van der Waals surface area (Å²) in [5.41, 5.74) is 13.7. The van der Waals surface area contributed by atoms with Crippen LogP contribution in [-0.4, -0.2) is 44.1 Å². The summed E-state index contributed by atoms with van der Waals surface area (Å²) < 4.78 is 2.17. The average molecular weight is 461 g/mol. The molecule has 1 saturated carbocycles. The summed E-state index contributed by atoms with van der Waals surface area (Å²) in [5.74, 6) is 1.84. The Morgan fingerprint density at radius 1 is 0.943 bits per heavy atom. The highest BCUT2D eigenvalue weighted by atomic mass is 15.2. The number of hydrogen-bond donors (Lipinski definition) is 1. The minimum atomic E-state index is 0.517. The monoisotopic (exact) mass is 460 g/mol. The second-order valence-electron chi connectivity index (χ2n) is 10.0. The van der Waals surface area contributed by atoms with Gasteiger partial charge >= 0.3 is 0 Å². The molecule has 3 aromatic heterocycles. The molecule has 1 aliphatic carbocycles. The van der Waals surface area contributed by atoms with Crippen molar-refractivity contribution in [1.82, 2.24) is 24.4 Å². The molecule has 174 valence electrons. The molecule has 5 aromatic rings. The molecule has 2 aliphatic rings. The van der Waals surface area contributed by atoms with Crippen LogP contribution in [0.3, 0.4) is 0 Å². The maximum absolute atomic E-state index is 6.40. The summed E-state index contributed by atoms with van der Waals surface area (Å²) in [6.45, 7) is 3.78. The van der Waals surface area contributed by atoms with Crippen LogP contribution >= 0.6 is 0 Å². The lowest BCUT2D eigenvalue weighted by atomic mass is 9.71. The standard InChI is InChI=1S/C29H28N6/c30-29-28-27(31-18-32-29)24(22-13-19(14-22)16-34-11-4-12-34)17-35(28)23-9-7-21-8-10-25(33-26(21)15-23)20-5-2-1-3-6-20/h1-3,5-10,15,17-19,22H,4,11-14,16H2,(H2,30,31,32). The Morgan fingerprint density at radius 2 is 1.77 bits per heavy atom. The lowest BCUT2D eigenvalue weighted by Gasteiger charge is -2.41. The second-order valence-corrected chi connectivity index (χ2v) is 10.0. The van der Waals surface area contributed by atoms with E-state index in [1.165, 1.54) is 44.5 Å². The highest BCUT2D eigenvalue weighted by Crippen LogP contribution is 2.45. The lowest BCUT2D eigenvalue weighted by Crippen LogP contribution is -2.43. The fourth-order valence-corrected chi connectivity index (χ4v) is 5.70. The first-order valence-electron chi connectivity index (χ1n) is 12.5. The van der Waals surface area contributed by atoms with E-state index in [2.05, 4.69) is 68.1 Å². The number of anilines is 1. The highest BCUT2D eigenvalue weighted by molar-refractivity contribution is 5.91. The largest absolute Gasteiger partial charge is 0.382 e. The highest BCUT2D eigenvalue weighted by Gasteiger charge is 2.35. The molecule has 35 heavy (non-hydrogen) atoms. The van der Waals surface area contributed by atoms with Gasteiger partial charge in [0, 0.05) is 29.4 Å². The maximum Gasteiger partial charge on any atom is 0.151 e. The van der Waals surface area contributed by atoms with E-state index in [9.17, 15) is 0 Å². The number of benzene rings is 2. The Balaban J connectivity index is 1.27. The van der Waals surface area contributed by atoms with Crippen molar-refractivity contribution in [3.05, 3.63) is 78.8 Å². The number of nitrogens with two attached hydrogens (primary N) is 1. The van der Waals surface area contributed by atoms with Gasteiger partial charge in [-0.2, -0.15) is 0 Å². The number of nitrogens with zero attached hydrogens (tertiary/aromatic N) is 5. The molecule has 0 atom stereocenters. The Kier molecular flexibility index (Phi) is 4.81. The summed E-state index contributed by atoms with van der Waals surface area (Å²) in [5, 5.41) is 1.11. The number of pyridine rings is 1. The predicted octanol–water partition coefficient (Wildman–Crippen LogP) is 5.42. The van der Waals surface area contributed by atoms with Gasteiger partial charge in [-0.05, 0) is 68.0 Å². The molecule has 4 heterocycles. The third-order valence-corrected chi connectivity index (χ3v) is 7.80. The maximum atomic E-state index is 6.40. The van der Waals surface area contributed by atoms with Crippen LogP contribution in [0.4, 0.5) is 5.82 Å². The number of aromatic nitrogens is 4. The van der Waals surface area contributed by atoms with Gasteiger partial charge in [-0.25, -0.2) is 15.0 Å². The normalized spacial score (nSPS) is 20.1. The first-order chi connectivity index (χ1) is 17.2. The molecule has 0 amide bonds. The SMILES string of the molecule is Nc1ncnc2c(C3CC(CN4CCC4)C3)cn(-c3ccc4ccc(-c5ccccc5)nc4c3)c12. The summed E-state index contributed by atoms with van der Waals surface area (Å²) in [7, 11) is 0. The molecule has 7 rings (SSSR count). The molecule has 0 unspecified atom stereocenters. The zero-order valence-electron chi connectivity index (χ0n) is 19.6. The molecular weight excluding hydrogens is 432 g/mol. The third kappa shape index (κ3) is 3.56. The van der Waals surface area contributed by atoms with Crippen molar-refractivity contribution in [2.45, 2.75) is 25.2 Å². The van der Waals surface area contributed by atoms with Crippen LogP contribution in [0.15, 0.2) is 73.2 Å². The number of likely N-dealkylation sites (tertiary alicyclic amines) is 1. The molecule has 6 heteroatoms. The van der Waals surface area contributed by atoms with Crippen LogP contribution in [-0.2, 0) is 0 Å². The van der Waals surface area contributed by atoms with E-state index in [1.54, 1.807) is 6.33 Å². The van der Waals surface area contributed by atoms with Gasteiger partial charge in [-0.15, -0.1) is 0 Å². The fraction of sp³-hybridized carbons (Fsp3) is 0.276. The predicted molar refractivity (Wildman–Crippen MR) is 141 cm³/mol. The minimum Gasteiger partial charge on any atom is -0.382 e. The van der Waals surface area contributed by atoms with Gasteiger partial charge in [0.05, 0.1) is 16.7 Å². The number of hydrogen-bond acceptors (Lipinski definition) is 5. The Bertz CT molecular complexity index is 1530. The van der Waals surface area contributed by atoms with Gasteiger partial charge in [0.15, 0.2) is 5.82 Å². The molecule has 2 N–H and O–H groups in total. The Labute approximate surface area is 204 Å². The Hall–Kier alpha value is -3.77. The van der Waals surface area contributed by atoms with Crippen molar-refractivity contribution in [3.63, 3.8) is 0 Å². The van der Waals surface area contributed by atoms with Gasteiger partial charge in [-0.1, -0.05) is 42.5 Å². The quantitative estimate of drug-likeness (QED) is 0.379. The zero-order valence-corrected chi connectivity index (χ0v) is 19.6. The van der Waals surface area contributed by atoms with Crippen LogP contribution in [0.1, 0.15) is 30.7 Å². The molecule has 6 nitrogen and oxygen atoms in total. The topological polar surface area (TPSA) is 72.9 Å². The Morgan fingerprint density at radius 3 is 2.57 bits per heavy atom. The van der Waals surface area contributed by atoms with E-state index in [1.807, 2.05) is 18.2 Å². The zero-order chi connectivity index (χ0) is 23.4. The summed E-state index contributed by atoms with van der Waals surface area (Å²) in [6.07, 6.45) is 7.63. The summed E-state index contributed by atoms with van der Waals surface area (Å²) in [4.78, 5) is 16.6. The lowest BCUT2D eigenvalue weighted by molar-refractivity contribution is 0.109. The van der Waals surface area contributed by atoms with Gasteiger partial charge in [-0.3, -0.25) is 0 Å². The van der Waals surface area contributed by atoms with E-state index < -0.39 is 0 Å². The molecule has 0 bridgehead atoms. The van der Waals surface area contributed by atoms with E-state index in [-0.39, 0.29) is 0 Å². The van der Waals surface area contributed by atoms with Crippen molar-refractivity contribution in [1.29, 1.82) is 0 Å². The van der Waals surface area contributed by atoms with Crippen LogP contribution in [0.5, 0.6) is 0 Å². The van der Waals surface area contributed by atoms with Crippen molar-refractivity contribution in [2.24, 2.45) is 5.92 Å². The van der Waals surface area contributed by atoms with Gasteiger partial charge < -0.3 is 15.2 Å². The van der Waals surface area contributed by atoms with Gasteiger partial charge in [0.25, 0.3) is 0 Å². The van der Waals surface area contributed by atoms with Gasteiger partial charge in [0.2, 0.25) is 0 Å². The van der Waals surface area contributed by atoms with E-state index >= 15 is 0 Å². The number of fused-ring (bicyclic) bond motifs is 2. The fourth-order valence-electron chi connectivity index (χ4n) is 5.70. The van der Waals surface area contributed by atoms with Crippen LogP contribution < -0.4 is 5.73 Å². The first kappa shape index (κ1) is 20.6. The van der Waals surface area contributed by atoms with E-state index in [4.69, 9.17) is 10.7 Å². The molecule has 1 aliphatic heterocycles. The van der Waals surface area contributed by atoms with E-state index in [0.29, 0.717) is 11.7 Å². The third-order valence-electron chi connectivity index (χ3n) is 7.80. The van der Waals surface area contributed by atoms with Crippen molar-refractivity contribution in [3.8, 4) is 16.9 Å². The average Bonchev–Trinajstić information content (AvgIpc) is 3.22. The van der Waals surface area contributed by atoms with Crippen molar-refractivity contribution >= 4 is 27.8 Å². The van der Waals surface area contributed by atoms with Crippen LogP contribution in [0.25, 0.3) is 38.9 Å². The van der Waals surface area contributed by atoms with Crippen molar-refractivity contribution in [2.75, 3.05) is 25.4 Å². The number of nitrogen functional groups attached to an aromatic ring is 1. The number of rotatable bonds is 5. The molecule has 2 fully saturated rings. The van der Waals surface area contributed by atoms with Crippen LogP contribution in [0, 0.1) is 5.92 Å². The molecule has 1 saturated heterocycles. The summed E-state index contributed by atoms with van der Waals surface area (Å²) in [6, 6.07) is 20.9.